The molecule has 1 N–H and O–H groups in total. The molecule has 2 aromatic heterocycles. The van der Waals surface area contributed by atoms with Crippen molar-refractivity contribution >= 4 is 17.4 Å². The highest BCUT2D eigenvalue weighted by Crippen LogP contribution is 2.20. The fourth-order valence-electron chi connectivity index (χ4n) is 2.86. The Labute approximate surface area is 148 Å². The lowest BCUT2D eigenvalue weighted by molar-refractivity contribution is 0.0528. The molecule has 0 aliphatic rings. The topological polar surface area (TPSA) is 77.8 Å². The fraction of sp³-hybridized carbons (Fsp3) is 0.500. The van der Waals surface area contributed by atoms with E-state index in [1.165, 1.54) is 11.8 Å². The zero-order chi connectivity index (χ0) is 18.4. The minimum Gasteiger partial charge on any atom is -0.501 e. The average molecular weight is 346 g/mol. The predicted octanol–water partition coefficient (Wildman–Crippen LogP) is 3.43. The number of rotatable bonds is 8. The molecule has 2 aromatic rings. The van der Waals surface area contributed by atoms with Gasteiger partial charge in [-0.3, -0.25) is 0 Å². The summed E-state index contributed by atoms with van der Waals surface area (Å²) in [5.74, 6) is 1.24. The van der Waals surface area contributed by atoms with Crippen LogP contribution in [0.1, 0.15) is 50.9 Å². The van der Waals surface area contributed by atoms with Gasteiger partial charge in [0.05, 0.1) is 25.7 Å². The van der Waals surface area contributed by atoms with E-state index in [0.29, 0.717) is 23.6 Å². The van der Waals surface area contributed by atoms with Crippen molar-refractivity contribution in [2.24, 2.45) is 0 Å². The molecule has 0 amide bonds. The van der Waals surface area contributed by atoms with Gasteiger partial charge in [-0.05, 0) is 31.9 Å². The van der Waals surface area contributed by atoms with Crippen LogP contribution < -0.4 is 5.32 Å². The van der Waals surface area contributed by atoms with Crippen LogP contribution in [0.5, 0.6) is 0 Å². The molecule has 25 heavy (non-hydrogen) atoms. The number of nitrogens with one attached hydrogen (secondary N) is 1. The standard InChI is InChI=1S/C18H26N4O3/c1-6-13(15(7-2)24-5)12(4)20-16-9-10-22-17(21-16)14(11-19-22)18(23)25-8-3/h9-12H,6-8H2,1-5H3,(H,20,21)/b15-13-/t12-/m1/s1. The van der Waals surface area contributed by atoms with Crippen molar-refractivity contribution in [2.45, 2.75) is 46.6 Å². The van der Waals surface area contributed by atoms with Gasteiger partial charge in [-0.15, -0.1) is 0 Å². The van der Waals surface area contributed by atoms with E-state index in [2.05, 4.69) is 36.2 Å². The molecule has 136 valence electrons. The van der Waals surface area contributed by atoms with E-state index in [4.69, 9.17) is 9.47 Å². The largest absolute Gasteiger partial charge is 0.501 e. The first-order valence-corrected chi connectivity index (χ1v) is 8.59. The Bertz CT molecular complexity index is 761. The molecule has 1 atom stereocenters. The summed E-state index contributed by atoms with van der Waals surface area (Å²) >= 11 is 0. The SMILES string of the molecule is CCOC(=O)c1cnn2ccc(N[C@H](C)/C(CC)=C(/CC)OC)nc12. The number of esters is 1. The second kappa shape index (κ2) is 8.50. The van der Waals surface area contributed by atoms with Gasteiger partial charge in [0.2, 0.25) is 0 Å². The minimum atomic E-state index is -0.419. The van der Waals surface area contributed by atoms with E-state index >= 15 is 0 Å². The van der Waals surface area contributed by atoms with E-state index in [1.807, 2.05) is 6.07 Å². The van der Waals surface area contributed by atoms with Crippen molar-refractivity contribution in [3.63, 3.8) is 0 Å². The number of hydrogen-bond donors (Lipinski definition) is 1. The Morgan fingerprint density at radius 3 is 2.68 bits per heavy atom. The molecule has 7 heteroatoms. The number of allylic oxidation sites excluding steroid dienone is 1. The van der Waals surface area contributed by atoms with Crippen LogP contribution in [-0.4, -0.2) is 40.3 Å². The molecule has 0 radical (unpaired) electrons. The van der Waals surface area contributed by atoms with Crippen LogP contribution in [0, 0.1) is 0 Å². The normalized spacial score (nSPS) is 13.3. The van der Waals surface area contributed by atoms with E-state index < -0.39 is 5.97 Å². The highest BCUT2D eigenvalue weighted by molar-refractivity contribution is 5.95. The van der Waals surface area contributed by atoms with E-state index in [0.717, 1.165) is 18.6 Å². The maximum absolute atomic E-state index is 12.0. The van der Waals surface area contributed by atoms with Gasteiger partial charge in [0.1, 0.15) is 11.4 Å². The van der Waals surface area contributed by atoms with E-state index in [9.17, 15) is 4.79 Å². The zero-order valence-corrected chi connectivity index (χ0v) is 15.5. The molecule has 0 fully saturated rings. The monoisotopic (exact) mass is 346 g/mol. The molecule has 0 saturated carbocycles. The molecule has 0 aliphatic heterocycles. The maximum atomic E-state index is 12.0. The Hall–Kier alpha value is -2.57. The quantitative estimate of drug-likeness (QED) is 0.583. The summed E-state index contributed by atoms with van der Waals surface area (Å²) in [4.78, 5) is 16.5. The maximum Gasteiger partial charge on any atom is 0.343 e. The van der Waals surface area contributed by atoms with Gasteiger partial charge in [0.25, 0.3) is 0 Å². The number of hydrogen-bond acceptors (Lipinski definition) is 6. The number of anilines is 1. The van der Waals surface area contributed by atoms with Crippen molar-refractivity contribution in [2.75, 3.05) is 19.0 Å². The van der Waals surface area contributed by atoms with E-state index in [-0.39, 0.29) is 6.04 Å². The first-order chi connectivity index (χ1) is 12.0. The first kappa shape index (κ1) is 18.8. The number of methoxy groups -OCH3 is 1. The molecule has 0 spiro atoms. The summed E-state index contributed by atoms with van der Waals surface area (Å²) in [6, 6.07) is 1.89. The predicted molar refractivity (Wildman–Crippen MR) is 96.6 cm³/mol. The zero-order valence-electron chi connectivity index (χ0n) is 15.5. The number of carbonyl (C=O) groups is 1. The van der Waals surface area contributed by atoms with Crippen molar-refractivity contribution in [1.82, 2.24) is 14.6 Å². The summed E-state index contributed by atoms with van der Waals surface area (Å²) in [5.41, 5.74) is 2.03. The Kier molecular flexibility index (Phi) is 6.38. The van der Waals surface area contributed by atoms with Crippen molar-refractivity contribution < 1.29 is 14.3 Å². The third-order valence-electron chi connectivity index (χ3n) is 4.06. The second-order valence-electron chi connectivity index (χ2n) is 5.59. The molecule has 7 nitrogen and oxygen atoms in total. The van der Waals surface area contributed by atoms with Crippen molar-refractivity contribution in [1.29, 1.82) is 0 Å². The molecule has 0 aliphatic carbocycles. The highest BCUT2D eigenvalue weighted by atomic mass is 16.5. The van der Waals surface area contributed by atoms with Gasteiger partial charge in [-0.25, -0.2) is 14.3 Å². The van der Waals surface area contributed by atoms with Gasteiger partial charge < -0.3 is 14.8 Å². The number of fused-ring (bicyclic) bond motifs is 1. The highest BCUT2D eigenvalue weighted by Gasteiger charge is 2.17. The molecule has 2 heterocycles. The number of nitrogens with zero attached hydrogens (tertiary/aromatic N) is 3. The summed E-state index contributed by atoms with van der Waals surface area (Å²) in [6.07, 6.45) is 4.97. The lowest BCUT2D eigenvalue weighted by Crippen LogP contribution is -2.21. The van der Waals surface area contributed by atoms with Gasteiger partial charge in [-0.2, -0.15) is 5.10 Å². The fourth-order valence-corrected chi connectivity index (χ4v) is 2.86. The lowest BCUT2D eigenvalue weighted by Gasteiger charge is -2.20. The third kappa shape index (κ3) is 4.10. The number of aromatic nitrogens is 3. The smallest absolute Gasteiger partial charge is 0.343 e. The second-order valence-corrected chi connectivity index (χ2v) is 5.59. The summed E-state index contributed by atoms with van der Waals surface area (Å²) < 4.78 is 12.1. The lowest BCUT2D eigenvalue weighted by atomic mass is 10.0. The van der Waals surface area contributed by atoms with Crippen LogP contribution in [-0.2, 0) is 9.47 Å². The molecular formula is C18H26N4O3. The Morgan fingerprint density at radius 1 is 1.32 bits per heavy atom. The van der Waals surface area contributed by atoms with Crippen molar-refractivity contribution in [3.8, 4) is 0 Å². The summed E-state index contributed by atoms with van der Waals surface area (Å²) in [6.45, 7) is 8.33. The van der Waals surface area contributed by atoms with Gasteiger partial charge in [0, 0.05) is 18.7 Å². The summed E-state index contributed by atoms with van der Waals surface area (Å²) in [5, 5.41) is 7.52. The first-order valence-electron chi connectivity index (χ1n) is 8.59. The third-order valence-corrected chi connectivity index (χ3v) is 4.06. The molecule has 0 bridgehead atoms. The minimum absolute atomic E-state index is 0.0591. The summed E-state index contributed by atoms with van der Waals surface area (Å²) in [7, 11) is 1.70. The number of carbonyl (C=O) groups excluding carboxylic acids is 1. The van der Waals surface area contributed by atoms with Crippen LogP contribution in [0.25, 0.3) is 5.65 Å². The molecule has 0 aromatic carbocycles. The van der Waals surface area contributed by atoms with Crippen LogP contribution in [0.4, 0.5) is 5.82 Å². The molecule has 0 saturated heterocycles. The molecule has 0 unspecified atom stereocenters. The van der Waals surface area contributed by atoms with Crippen LogP contribution in [0.3, 0.4) is 0 Å². The Balaban J connectivity index is 2.31. The van der Waals surface area contributed by atoms with Crippen LogP contribution in [0.15, 0.2) is 29.8 Å². The van der Waals surface area contributed by atoms with Gasteiger partial charge in [-0.1, -0.05) is 13.8 Å². The molecular weight excluding hydrogens is 320 g/mol. The average Bonchev–Trinajstić information content (AvgIpc) is 3.02. The number of ether oxygens (including phenoxy) is 2. The van der Waals surface area contributed by atoms with Gasteiger partial charge >= 0.3 is 5.97 Å². The van der Waals surface area contributed by atoms with Crippen LogP contribution in [0.2, 0.25) is 0 Å². The van der Waals surface area contributed by atoms with Crippen molar-refractivity contribution in [3.05, 3.63) is 35.4 Å². The van der Waals surface area contributed by atoms with Crippen LogP contribution >= 0.6 is 0 Å². The van der Waals surface area contributed by atoms with Gasteiger partial charge in [0.15, 0.2) is 5.65 Å². The Morgan fingerprint density at radius 2 is 2.08 bits per heavy atom. The van der Waals surface area contributed by atoms with E-state index in [1.54, 1.807) is 24.7 Å². The molecule has 2 rings (SSSR count).